The molecule has 112 valence electrons. The Kier molecular flexibility index (Phi) is 4.29. The summed E-state index contributed by atoms with van der Waals surface area (Å²) in [5.74, 6) is 0.884. The number of nitrogens with zero attached hydrogens (tertiary/aromatic N) is 3. The maximum Gasteiger partial charge on any atom is 0.196 e. The smallest absolute Gasteiger partial charge is 0.196 e. The van der Waals surface area contributed by atoms with E-state index in [1.165, 1.54) is 5.56 Å². The van der Waals surface area contributed by atoms with Crippen LogP contribution in [-0.4, -0.2) is 20.0 Å². The summed E-state index contributed by atoms with van der Waals surface area (Å²) < 4.78 is 2.13. The quantitative estimate of drug-likeness (QED) is 0.652. The second-order valence-corrected chi connectivity index (χ2v) is 7.05. The predicted octanol–water partition coefficient (Wildman–Crippen LogP) is 4.74. The lowest BCUT2D eigenvalue weighted by Crippen LogP contribution is -2.01. The first-order chi connectivity index (χ1) is 10.6. The Bertz CT molecular complexity index is 746. The van der Waals surface area contributed by atoms with Crippen LogP contribution in [0.4, 0.5) is 0 Å². The van der Waals surface area contributed by atoms with Crippen molar-refractivity contribution in [2.45, 2.75) is 31.2 Å². The largest absolute Gasteiger partial charge is 0.270 e. The van der Waals surface area contributed by atoms with Gasteiger partial charge in [-0.3, -0.25) is 4.57 Å². The first kappa shape index (κ1) is 14.9. The SMILES string of the molecule is Cc1ccc(-c2nnc(SC(C)C)n2-c2ccccc2)cc1. The highest BCUT2D eigenvalue weighted by Crippen LogP contribution is 2.29. The monoisotopic (exact) mass is 309 g/mol. The zero-order chi connectivity index (χ0) is 15.5. The zero-order valence-electron chi connectivity index (χ0n) is 13.0. The summed E-state index contributed by atoms with van der Waals surface area (Å²) in [6, 6.07) is 18.7. The number of rotatable bonds is 4. The lowest BCUT2D eigenvalue weighted by molar-refractivity contribution is 0.879. The van der Waals surface area contributed by atoms with Gasteiger partial charge in [-0.2, -0.15) is 0 Å². The van der Waals surface area contributed by atoms with Gasteiger partial charge in [0, 0.05) is 16.5 Å². The van der Waals surface area contributed by atoms with Crippen molar-refractivity contribution < 1.29 is 0 Å². The lowest BCUT2D eigenvalue weighted by atomic mass is 10.1. The summed E-state index contributed by atoms with van der Waals surface area (Å²) in [4.78, 5) is 0. The van der Waals surface area contributed by atoms with Crippen molar-refractivity contribution in [2.75, 3.05) is 0 Å². The highest BCUT2D eigenvalue weighted by molar-refractivity contribution is 7.99. The second kappa shape index (κ2) is 6.36. The van der Waals surface area contributed by atoms with E-state index in [4.69, 9.17) is 0 Å². The van der Waals surface area contributed by atoms with Gasteiger partial charge in [-0.1, -0.05) is 73.6 Å². The van der Waals surface area contributed by atoms with Crippen molar-refractivity contribution in [3.8, 4) is 17.1 Å². The molecular weight excluding hydrogens is 290 g/mol. The summed E-state index contributed by atoms with van der Waals surface area (Å²) in [7, 11) is 0. The average Bonchev–Trinajstić information content (AvgIpc) is 2.91. The molecule has 4 heteroatoms. The fourth-order valence-corrected chi connectivity index (χ4v) is 3.06. The first-order valence-electron chi connectivity index (χ1n) is 7.39. The van der Waals surface area contributed by atoms with Crippen LogP contribution in [0.25, 0.3) is 17.1 Å². The molecule has 0 aliphatic carbocycles. The van der Waals surface area contributed by atoms with Gasteiger partial charge in [-0.15, -0.1) is 10.2 Å². The van der Waals surface area contributed by atoms with Gasteiger partial charge in [0.2, 0.25) is 0 Å². The van der Waals surface area contributed by atoms with E-state index >= 15 is 0 Å². The molecular formula is C18H19N3S. The third-order valence-electron chi connectivity index (χ3n) is 3.30. The van der Waals surface area contributed by atoms with Crippen LogP contribution in [-0.2, 0) is 0 Å². The molecule has 3 nitrogen and oxygen atoms in total. The van der Waals surface area contributed by atoms with Gasteiger partial charge >= 0.3 is 0 Å². The van der Waals surface area contributed by atoms with E-state index in [1.807, 2.05) is 18.2 Å². The van der Waals surface area contributed by atoms with E-state index in [-0.39, 0.29) is 0 Å². The number of thioether (sulfide) groups is 1. The molecule has 0 N–H and O–H groups in total. The number of benzene rings is 2. The third kappa shape index (κ3) is 3.07. The molecule has 3 rings (SSSR count). The molecule has 0 amide bonds. The first-order valence-corrected chi connectivity index (χ1v) is 8.27. The number of para-hydroxylation sites is 1. The Labute approximate surface area is 135 Å². The van der Waals surface area contributed by atoms with E-state index in [0.29, 0.717) is 5.25 Å². The third-order valence-corrected chi connectivity index (χ3v) is 4.25. The Morgan fingerprint density at radius 3 is 2.23 bits per heavy atom. The van der Waals surface area contributed by atoms with Gasteiger partial charge in [-0.25, -0.2) is 0 Å². The molecule has 0 spiro atoms. The minimum Gasteiger partial charge on any atom is -0.270 e. The maximum absolute atomic E-state index is 4.44. The molecule has 0 aliphatic rings. The summed E-state index contributed by atoms with van der Waals surface area (Å²) in [5, 5.41) is 10.2. The van der Waals surface area contributed by atoms with Crippen LogP contribution in [0.15, 0.2) is 59.8 Å². The van der Waals surface area contributed by atoms with Crippen LogP contribution in [0.1, 0.15) is 19.4 Å². The van der Waals surface area contributed by atoms with E-state index in [0.717, 1.165) is 22.2 Å². The molecule has 0 saturated carbocycles. The highest BCUT2D eigenvalue weighted by Gasteiger charge is 2.16. The molecule has 0 fully saturated rings. The number of hydrogen-bond acceptors (Lipinski definition) is 3. The van der Waals surface area contributed by atoms with Gasteiger partial charge in [0.05, 0.1) is 0 Å². The number of aromatic nitrogens is 3. The van der Waals surface area contributed by atoms with Gasteiger partial charge in [0.25, 0.3) is 0 Å². The van der Waals surface area contributed by atoms with E-state index in [2.05, 4.69) is 71.9 Å². The van der Waals surface area contributed by atoms with E-state index < -0.39 is 0 Å². The second-order valence-electron chi connectivity index (χ2n) is 5.51. The van der Waals surface area contributed by atoms with Crippen molar-refractivity contribution in [2.24, 2.45) is 0 Å². The molecule has 2 aromatic carbocycles. The van der Waals surface area contributed by atoms with Crippen molar-refractivity contribution in [1.82, 2.24) is 14.8 Å². The van der Waals surface area contributed by atoms with Crippen molar-refractivity contribution in [3.05, 3.63) is 60.2 Å². The van der Waals surface area contributed by atoms with E-state index in [1.54, 1.807) is 11.8 Å². The van der Waals surface area contributed by atoms with Crippen LogP contribution in [0.2, 0.25) is 0 Å². The summed E-state index contributed by atoms with van der Waals surface area (Å²) in [6.45, 7) is 6.42. The van der Waals surface area contributed by atoms with Crippen molar-refractivity contribution in [1.29, 1.82) is 0 Å². The topological polar surface area (TPSA) is 30.7 Å². The van der Waals surface area contributed by atoms with Crippen LogP contribution in [0.5, 0.6) is 0 Å². The van der Waals surface area contributed by atoms with Gasteiger partial charge in [0.1, 0.15) is 0 Å². The Morgan fingerprint density at radius 2 is 1.59 bits per heavy atom. The fraction of sp³-hybridized carbons (Fsp3) is 0.222. The van der Waals surface area contributed by atoms with Crippen LogP contribution in [0.3, 0.4) is 0 Å². The molecule has 1 aromatic heterocycles. The molecule has 0 unspecified atom stereocenters. The predicted molar refractivity (Wildman–Crippen MR) is 92.5 cm³/mol. The summed E-state index contributed by atoms with van der Waals surface area (Å²) in [6.07, 6.45) is 0. The molecule has 0 saturated heterocycles. The van der Waals surface area contributed by atoms with Crippen LogP contribution >= 0.6 is 11.8 Å². The number of aryl methyl sites for hydroxylation is 1. The molecule has 3 aromatic rings. The average molecular weight is 309 g/mol. The Morgan fingerprint density at radius 1 is 0.909 bits per heavy atom. The minimum atomic E-state index is 0.456. The Balaban J connectivity index is 2.14. The standard InChI is InChI=1S/C18H19N3S/c1-13(2)22-18-20-19-17(15-11-9-14(3)10-12-15)21(18)16-7-5-4-6-8-16/h4-13H,1-3H3. The van der Waals surface area contributed by atoms with Gasteiger partial charge in [0.15, 0.2) is 11.0 Å². The van der Waals surface area contributed by atoms with Crippen LogP contribution in [0, 0.1) is 6.92 Å². The molecule has 0 atom stereocenters. The van der Waals surface area contributed by atoms with Crippen LogP contribution < -0.4 is 0 Å². The van der Waals surface area contributed by atoms with Crippen molar-refractivity contribution >= 4 is 11.8 Å². The Hall–Kier alpha value is -2.07. The van der Waals surface area contributed by atoms with Gasteiger partial charge < -0.3 is 0 Å². The summed E-state index contributed by atoms with van der Waals surface area (Å²) in [5.41, 5.74) is 3.41. The highest BCUT2D eigenvalue weighted by atomic mass is 32.2. The fourth-order valence-electron chi connectivity index (χ4n) is 2.26. The summed E-state index contributed by atoms with van der Waals surface area (Å²) >= 11 is 1.73. The number of hydrogen-bond donors (Lipinski definition) is 0. The van der Waals surface area contributed by atoms with Gasteiger partial charge in [-0.05, 0) is 19.1 Å². The molecule has 1 heterocycles. The van der Waals surface area contributed by atoms with Crippen molar-refractivity contribution in [3.63, 3.8) is 0 Å². The normalized spacial score (nSPS) is 11.1. The minimum absolute atomic E-state index is 0.456. The van der Waals surface area contributed by atoms with E-state index in [9.17, 15) is 0 Å². The lowest BCUT2D eigenvalue weighted by Gasteiger charge is -2.11. The maximum atomic E-state index is 4.44. The zero-order valence-corrected chi connectivity index (χ0v) is 13.8. The molecule has 0 radical (unpaired) electrons. The molecule has 22 heavy (non-hydrogen) atoms. The molecule has 0 aliphatic heterocycles. The molecule has 0 bridgehead atoms.